The van der Waals surface area contributed by atoms with E-state index < -0.39 is 0 Å². The Hall–Kier alpha value is -7.66. The molecule has 2 aliphatic carbocycles. The molecule has 0 atom stereocenters. The van der Waals surface area contributed by atoms with Crippen LogP contribution >= 0.6 is 0 Å². The van der Waals surface area contributed by atoms with Crippen LogP contribution in [0.4, 0.5) is 5.82 Å². The lowest BCUT2D eigenvalue weighted by atomic mass is 9.84. The fourth-order valence-electron chi connectivity index (χ4n) is 9.49. The molecule has 0 spiro atoms. The molecule has 0 saturated heterocycles. The topological polar surface area (TPSA) is 53.9 Å². The molecule has 8 aromatic carbocycles. The van der Waals surface area contributed by atoms with E-state index in [1.165, 1.54) is 66.1 Å². The number of hydrogen-bond donors (Lipinski definition) is 0. The highest BCUT2D eigenvalue weighted by molar-refractivity contribution is 6.29. The third-order valence-corrected chi connectivity index (χ3v) is 11.7. The fourth-order valence-corrected chi connectivity index (χ4v) is 9.49. The van der Waals surface area contributed by atoms with Crippen LogP contribution in [0.15, 0.2) is 146 Å². The van der Waals surface area contributed by atoms with Crippen LogP contribution in [0.1, 0.15) is 5.69 Å². The largest absolute Gasteiger partial charge is 0.361 e. The summed E-state index contributed by atoms with van der Waals surface area (Å²) in [4.78, 5) is 12.4. The number of nitrogens with zero attached hydrogens (tertiary/aromatic N) is 4. The molecule has 0 N–H and O–H groups in total. The number of nitriles is 1. The van der Waals surface area contributed by atoms with E-state index in [0.29, 0.717) is 11.5 Å². The van der Waals surface area contributed by atoms with Crippen molar-refractivity contribution in [1.82, 2.24) is 9.97 Å². The Bertz CT molecular complexity index is 3460. The van der Waals surface area contributed by atoms with Crippen molar-refractivity contribution >= 4 is 59.7 Å². The summed E-state index contributed by atoms with van der Waals surface area (Å²) in [5.41, 5.74) is 14.2. The van der Waals surface area contributed by atoms with Crippen LogP contribution in [0.25, 0.3) is 125 Å². The zero-order valence-corrected chi connectivity index (χ0v) is 28.6. The predicted octanol–water partition coefficient (Wildman–Crippen LogP) is 13.3. The first-order chi connectivity index (χ1) is 26.7. The van der Waals surface area contributed by atoms with Crippen LogP contribution in [0.5, 0.6) is 0 Å². The second-order valence-electron chi connectivity index (χ2n) is 14.3. The highest BCUT2D eigenvalue weighted by Gasteiger charge is 2.28. The Labute approximate surface area is 309 Å². The van der Waals surface area contributed by atoms with E-state index in [4.69, 9.17) is 6.57 Å². The van der Waals surface area contributed by atoms with Gasteiger partial charge in [0.05, 0.1) is 0 Å². The molecule has 0 amide bonds. The molecule has 10 aromatic rings. The summed E-state index contributed by atoms with van der Waals surface area (Å²) >= 11 is 0. The number of benzene rings is 8. The van der Waals surface area contributed by atoms with E-state index in [1.54, 1.807) is 12.4 Å². The van der Waals surface area contributed by atoms with E-state index in [1.807, 2.05) is 24.3 Å². The first-order valence-electron chi connectivity index (χ1n) is 18.0. The van der Waals surface area contributed by atoms with Crippen LogP contribution in [0, 0.1) is 17.9 Å². The van der Waals surface area contributed by atoms with Crippen molar-refractivity contribution in [2.45, 2.75) is 0 Å². The summed E-state index contributed by atoms with van der Waals surface area (Å²) in [6.45, 7) is 7.81. The summed E-state index contributed by atoms with van der Waals surface area (Å²) in [5.74, 6) is 0.372. The molecule has 12 rings (SSSR count). The van der Waals surface area contributed by atoms with Gasteiger partial charge in [0.25, 0.3) is 5.82 Å². The molecule has 0 radical (unpaired) electrons. The summed E-state index contributed by atoms with van der Waals surface area (Å²) in [7, 11) is 0. The zero-order chi connectivity index (χ0) is 35.7. The molecule has 0 saturated carbocycles. The average Bonchev–Trinajstić information content (AvgIpc) is 3.72. The fraction of sp³-hybridized carbons (Fsp3) is 0. The second-order valence-corrected chi connectivity index (χ2v) is 14.3. The molecule has 0 bridgehead atoms. The van der Waals surface area contributed by atoms with Gasteiger partial charge in [0.2, 0.25) is 0 Å². The van der Waals surface area contributed by atoms with E-state index in [-0.39, 0.29) is 0 Å². The number of fused-ring (bicyclic) bond motifs is 11. The molecule has 0 fully saturated rings. The lowest BCUT2D eigenvalue weighted by Crippen LogP contribution is -1.93. The maximum Gasteiger partial charge on any atom is 0.270 e. The van der Waals surface area contributed by atoms with Gasteiger partial charge in [-0.2, -0.15) is 5.26 Å². The van der Waals surface area contributed by atoms with E-state index >= 15 is 0 Å². The van der Waals surface area contributed by atoms with Gasteiger partial charge in [-0.05, 0) is 169 Å². The van der Waals surface area contributed by atoms with Gasteiger partial charge < -0.3 is 4.85 Å². The molecule has 244 valence electrons. The summed E-state index contributed by atoms with van der Waals surface area (Å²) in [6.07, 6.45) is 3.48. The first-order valence-corrected chi connectivity index (χ1v) is 18.0. The van der Waals surface area contributed by atoms with Crippen molar-refractivity contribution in [2.24, 2.45) is 0 Å². The van der Waals surface area contributed by atoms with Crippen LogP contribution in [0.3, 0.4) is 0 Å². The first kappa shape index (κ1) is 29.0. The van der Waals surface area contributed by atoms with Crippen molar-refractivity contribution in [1.29, 1.82) is 5.26 Å². The number of rotatable bonds is 2. The minimum atomic E-state index is 0.372. The van der Waals surface area contributed by atoms with E-state index in [2.05, 4.69) is 130 Å². The van der Waals surface area contributed by atoms with Gasteiger partial charge in [-0.25, -0.2) is 4.98 Å². The SMILES string of the molecule is [C-]#[N+]c1cc(-c2c3c(cc4c2ccc2c5cc6c(cc5c(-c5ccnc(C#N)c5)cc42)-c2cccc4cccc-6c24)-c2cccc4cccc-3c24)ccn1. The smallest absolute Gasteiger partial charge is 0.270 e. The lowest BCUT2D eigenvalue weighted by Gasteiger charge is -2.19. The monoisotopic (exact) mass is 680 g/mol. The van der Waals surface area contributed by atoms with Crippen molar-refractivity contribution in [2.75, 3.05) is 0 Å². The molecule has 54 heavy (non-hydrogen) atoms. The molecule has 2 heterocycles. The van der Waals surface area contributed by atoms with Crippen molar-refractivity contribution in [3.05, 3.63) is 163 Å². The van der Waals surface area contributed by atoms with Gasteiger partial charge >= 0.3 is 0 Å². The second kappa shape index (κ2) is 10.5. The molecule has 2 aliphatic rings. The van der Waals surface area contributed by atoms with Crippen LogP contribution in [-0.4, -0.2) is 9.97 Å². The lowest BCUT2D eigenvalue weighted by molar-refractivity contribution is 1.27. The van der Waals surface area contributed by atoms with Crippen molar-refractivity contribution in [3.63, 3.8) is 0 Å². The standard InChI is InChI=1S/C50H24N4/c1-52-46-21-30(17-19-54-46)49-36-15-14-32-39(43(36)25-45-35-12-4-8-28-9-5-13-37(48(28)35)50(45)49)22-38(29-16-18-53-31(20-29)26-51)44-24-42-34-11-3-7-27-6-2-10-33(47(27)34)41(42)23-40(32)44/h2-25H. The Balaban J connectivity index is 1.27. The van der Waals surface area contributed by atoms with Gasteiger partial charge in [0.1, 0.15) is 18.0 Å². The highest BCUT2D eigenvalue weighted by Crippen LogP contribution is 2.56. The van der Waals surface area contributed by atoms with Crippen molar-refractivity contribution in [3.8, 4) is 72.8 Å². The predicted molar refractivity (Wildman–Crippen MR) is 220 cm³/mol. The minimum absolute atomic E-state index is 0.372. The van der Waals surface area contributed by atoms with Gasteiger partial charge in [-0.1, -0.05) is 91.5 Å². The molecular weight excluding hydrogens is 657 g/mol. The maximum absolute atomic E-state index is 9.91. The molecule has 4 nitrogen and oxygen atoms in total. The van der Waals surface area contributed by atoms with Gasteiger partial charge in [0, 0.05) is 6.20 Å². The van der Waals surface area contributed by atoms with Crippen LogP contribution in [0.2, 0.25) is 0 Å². The number of pyridine rings is 2. The molecule has 0 unspecified atom stereocenters. The quantitative estimate of drug-likeness (QED) is 0.135. The third-order valence-electron chi connectivity index (χ3n) is 11.7. The van der Waals surface area contributed by atoms with Gasteiger partial charge in [-0.15, -0.1) is 4.98 Å². The van der Waals surface area contributed by atoms with Crippen molar-refractivity contribution < 1.29 is 0 Å². The molecule has 2 aromatic heterocycles. The Kier molecular flexibility index (Phi) is 5.61. The van der Waals surface area contributed by atoms with E-state index in [0.717, 1.165) is 54.6 Å². The Morgan fingerprint density at radius 2 is 1.00 bits per heavy atom. The average molecular weight is 681 g/mol. The zero-order valence-electron chi connectivity index (χ0n) is 28.6. The molecule has 0 aliphatic heterocycles. The van der Waals surface area contributed by atoms with Gasteiger partial charge in [-0.3, -0.25) is 0 Å². The minimum Gasteiger partial charge on any atom is -0.361 e. The maximum atomic E-state index is 9.91. The van der Waals surface area contributed by atoms with Crippen LogP contribution in [-0.2, 0) is 0 Å². The molecule has 4 heteroatoms. The Morgan fingerprint density at radius 1 is 0.444 bits per heavy atom. The summed E-state index contributed by atoms with van der Waals surface area (Å²) in [6, 6.07) is 50.4. The van der Waals surface area contributed by atoms with E-state index in [9.17, 15) is 5.26 Å². The molecular formula is C50H24N4. The third kappa shape index (κ3) is 3.73. The number of hydrogen-bond acceptors (Lipinski definition) is 3. The van der Waals surface area contributed by atoms with Gasteiger partial charge in [0.15, 0.2) is 0 Å². The highest BCUT2D eigenvalue weighted by atomic mass is 14.8. The summed E-state index contributed by atoms with van der Waals surface area (Å²) < 4.78 is 0. The van der Waals surface area contributed by atoms with Crippen LogP contribution < -0.4 is 0 Å². The number of aromatic nitrogens is 2. The normalized spacial score (nSPS) is 12.0. The summed E-state index contributed by atoms with van der Waals surface area (Å²) in [5, 5.41) is 21.8. The Morgan fingerprint density at radius 3 is 1.72 bits per heavy atom.